The first-order valence-electron chi connectivity index (χ1n) is 9.42. The number of carbonyl (C=O) groups excluding carboxylic acids is 1. The van der Waals surface area contributed by atoms with E-state index < -0.39 is 0 Å². The number of nitrogens with zero attached hydrogens (tertiary/aromatic N) is 4. The molecule has 2 aliphatic rings. The number of aromatic nitrogens is 3. The lowest BCUT2D eigenvalue weighted by Crippen LogP contribution is -2.42. The van der Waals surface area contributed by atoms with Crippen molar-refractivity contribution in [1.29, 1.82) is 0 Å². The molecule has 1 unspecified atom stereocenters. The molecule has 27 heavy (non-hydrogen) atoms. The predicted octanol–water partition coefficient (Wildman–Crippen LogP) is 1.86. The summed E-state index contributed by atoms with van der Waals surface area (Å²) in [5.41, 5.74) is 1.94. The van der Waals surface area contributed by atoms with Gasteiger partial charge in [0.05, 0.1) is 24.9 Å². The molecule has 4 rings (SSSR count). The van der Waals surface area contributed by atoms with E-state index >= 15 is 0 Å². The van der Waals surface area contributed by atoms with E-state index in [-0.39, 0.29) is 23.9 Å². The molecule has 1 N–H and O–H groups in total. The predicted molar refractivity (Wildman–Crippen MR) is 96.9 cm³/mol. The van der Waals surface area contributed by atoms with Gasteiger partial charge in [-0.15, -0.1) is 5.10 Å². The second-order valence-corrected chi connectivity index (χ2v) is 7.11. The molecule has 8 heteroatoms. The van der Waals surface area contributed by atoms with Crippen molar-refractivity contribution in [3.63, 3.8) is 0 Å². The monoisotopic (exact) mass is 373 g/mol. The zero-order chi connectivity index (χ0) is 18.8. The van der Waals surface area contributed by atoms with Gasteiger partial charge in [-0.1, -0.05) is 17.3 Å². The van der Waals surface area contributed by atoms with E-state index in [4.69, 9.17) is 4.74 Å². The molecule has 0 saturated carbocycles. The Kier molecular flexibility index (Phi) is 5.18. The molecule has 2 aromatic rings. The molecular weight excluding hydrogens is 349 g/mol. The molecule has 0 aliphatic carbocycles. The van der Waals surface area contributed by atoms with Crippen LogP contribution in [0.2, 0.25) is 0 Å². The van der Waals surface area contributed by atoms with Crippen molar-refractivity contribution in [2.24, 2.45) is 0 Å². The van der Waals surface area contributed by atoms with Gasteiger partial charge in [-0.05, 0) is 50.6 Å². The zero-order valence-electron chi connectivity index (χ0n) is 15.4. The second kappa shape index (κ2) is 7.74. The molecule has 2 aliphatic heterocycles. The van der Waals surface area contributed by atoms with E-state index in [9.17, 15) is 9.18 Å². The molecule has 2 fully saturated rings. The molecule has 1 aromatic heterocycles. The van der Waals surface area contributed by atoms with Crippen LogP contribution in [-0.4, -0.2) is 58.6 Å². The SMILES string of the molecule is Cc1c(C(=O)N2CCOC(c3cccc(F)c3)C2)nnn1C1CCNCC1. The molecule has 3 heterocycles. The lowest BCUT2D eigenvalue weighted by molar-refractivity contribution is -0.0231. The average Bonchev–Trinajstić information content (AvgIpc) is 3.09. The minimum atomic E-state index is -0.335. The number of amides is 1. The van der Waals surface area contributed by atoms with Crippen LogP contribution in [0.4, 0.5) is 4.39 Å². The summed E-state index contributed by atoms with van der Waals surface area (Å²) in [5.74, 6) is -0.447. The Morgan fingerprint density at radius 1 is 1.33 bits per heavy atom. The summed E-state index contributed by atoms with van der Waals surface area (Å²) in [6.45, 7) is 5.08. The molecule has 0 radical (unpaired) electrons. The summed E-state index contributed by atoms with van der Waals surface area (Å²) in [4.78, 5) is 14.8. The van der Waals surface area contributed by atoms with Crippen molar-refractivity contribution in [2.45, 2.75) is 31.9 Å². The van der Waals surface area contributed by atoms with Crippen molar-refractivity contribution in [3.05, 3.63) is 47.0 Å². The van der Waals surface area contributed by atoms with Gasteiger partial charge in [0.2, 0.25) is 0 Å². The Hall–Kier alpha value is -2.32. The number of carbonyl (C=O) groups is 1. The van der Waals surface area contributed by atoms with Gasteiger partial charge in [-0.25, -0.2) is 9.07 Å². The van der Waals surface area contributed by atoms with Gasteiger partial charge in [0.1, 0.15) is 11.9 Å². The van der Waals surface area contributed by atoms with Gasteiger partial charge in [-0.2, -0.15) is 0 Å². The number of morpholine rings is 1. The van der Waals surface area contributed by atoms with Gasteiger partial charge in [0.25, 0.3) is 5.91 Å². The molecule has 0 spiro atoms. The van der Waals surface area contributed by atoms with Crippen molar-refractivity contribution in [3.8, 4) is 0 Å². The molecule has 1 aromatic carbocycles. The van der Waals surface area contributed by atoms with Crippen LogP contribution >= 0.6 is 0 Å². The van der Waals surface area contributed by atoms with Crippen LogP contribution in [0.1, 0.15) is 46.7 Å². The summed E-state index contributed by atoms with van der Waals surface area (Å²) in [5, 5.41) is 11.8. The third-order valence-electron chi connectivity index (χ3n) is 5.36. The summed E-state index contributed by atoms with van der Waals surface area (Å²) >= 11 is 0. The number of nitrogens with one attached hydrogen (secondary N) is 1. The summed E-state index contributed by atoms with van der Waals surface area (Å²) in [6.07, 6.45) is 1.63. The fourth-order valence-electron chi connectivity index (χ4n) is 3.83. The maximum Gasteiger partial charge on any atom is 0.276 e. The quantitative estimate of drug-likeness (QED) is 0.889. The Bertz CT molecular complexity index is 818. The van der Waals surface area contributed by atoms with Gasteiger partial charge in [-0.3, -0.25) is 4.79 Å². The normalized spacial score (nSPS) is 21.4. The average molecular weight is 373 g/mol. The summed E-state index contributed by atoms with van der Waals surface area (Å²) in [7, 11) is 0. The van der Waals surface area contributed by atoms with Gasteiger partial charge in [0, 0.05) is 6.54 Å². The van der Waals surface area contributed by atoms with Crippen molar-refractivity contribution < 1.29 is 13.9 Å². The van der Waals surface area contributed by atoms with Crippen LogP contribution in [0.5, 0.6) is 0 Å². The maximum absolute atomic E-state index is 13.5. The van der Waals surface area contributed by atoms with E-state index in [0.29, 0.717) is 25.4 Å². The number of hydrogen-bond acceptors (Lipinski definition) is 5. The Balaban J connectivity index is 1.50. The number of hydrogen-bond donors (Lipinski definition) is 1. The summed E-state index contributed by atoms with van der Waals surface area (Å²) in [6, 6.07) is 6.61. The topological polar surface area (TPSA) is 72.3 Å². The van der Waals surface area contributed by atoms with Crippen LogP contribution in [-0.2, 0) is 4.74 Å². The highest BCUT2D eigenvalue weighted by atomic mass is 19.1. The molecule has 0 bridgehead atoms. The fourth-order valence-corrected chi connectivity index (χ4v) is 3.83. The minimum Gasteiger partial charge on any atom is -0.370 e. The number of piperidine rings is 1. The third kappa shape index (κ3) is 3.72. The van der Waals surface area contributed by atoms with Crippen LogP contribution in [0, 0.1) is 12.7 Å². The van der Waals surface area contributed by atoms with Crippen LogP contribution in [0.3, 0.4) is 0 Å². The highest BCUT2D eigenvalue weighted by molar-refractivity contribution is 5.93. The van der Waals surface area contributed by atoms with Gasteiger partial charge in [0.15, 0.2) is 5.69 Å². The van der Waals surface area contributed by atoms with Gasteiger partial charge >= 0.3 is 0 Å². The third-order valence-corrected chi connectivity index (χ3v) is 5.36. The number of rotatable bonds is 3. The van der Waals surface area contributed by atoms with E-state index in [1.165, 1.54) is 12.1 Å². The maximum atomic E-state index is 13.5. The van der Waals surface area contributed by atoms with Crippen LogP contribution < -0.4 is 5.32 Å². The zero-order valence-corrected chi connectivity index (χ0v) is 15.4. The van der Waals surface area contributed by atoms with E-state index in [1.807, 2.05) is 17.7 Å². The number of halogens is 1. The van der Waals surface area contributed by atoms with E-state index in [1.54, 1.807) is 11.0 Å². The fraction of sp³-hybridized carbons (Fsp3) is 0.526. The smallest absolute Gasteiger partial charge is 0.276 e. The highest BCUT2D eigenvalue weighted by Crippen LogP contribution is 2.25. The van der Waals surface area contributed by atoms with Crippen molar-refractivity contribution in [1.82, 2.24) is 25.2 Å². The highest BCUT2D eigenvalue weighted by Gasteiger charge is 2.30. The lowest BCUT2D eigenvalue weighted by atomic mass is 10.1. The Morgan fingerprint density at radius 2 is 2.15 bits per heavy atom. The minimum absolute atomic E-state index is 0.141. The second-order valence-electron chi connectivity index (χ2n) is 7.11. The van der Waals surface area contributed by atoms with Crippen molar-refractivity contribution >= 4 is 5.91 Å². The Labute approximate surface area is 157 Å². The summed E-state index contributed by atoms with van der Waals surface area (Å²) < 4.78 is 21.2. The number of benzene rings is 1. The molecule has 144 valence electrons. The Morgan fingerprint density at radius 3 is 2.93 bits per heavy atom. The lowest BCUT2D eigenvalue weighted by Gasteiger charge is -2.33. The first-order valence-corrected chi connectivity index (χ1v) is 9.42. The molecule has 1 amide bonds. The van der Waals surface area contributed by atoms with Crippen LogP contribution in [0.25, 0.3) is 0 Å². The standard InChI is InChI=1S/C19H24FN5O2/c1-13-18(22-23-25(13)16-5-7-21-8-6-16)19(26)24-9-10-27-17(12-24)14-3-2-4-15(20)11-14/h2-4,11,16-17,21H,5-10,12H2,1H3. The molecule has 7 nitrogen and oxygen atoms in total. The number of ether oxygens (including phenoxy) is 1. The molecule has 1 atom stereocenters. The molecular formula is C19H24FN5O2. The molecule has 2 saturated heterocycles. The van der Waals surface area contributed by atoms with Gasteiger partial charge < -0.3 is 15.0 Å². The first kappa shape index (κ1) is 18.1. The van der Waals surface area contributed by atoms with Crippen molar-refractivity contribution in [2.75, 3.05) is 32.8 Å². The van der Waals surface area contributed by atoms with E-state index in [0.717, 1.165) is 37.2 Å². The van der Waals surface area contributed by atoms with E-state index in [2.05, 4.69) is 15.6 Å². The first-order chi connectivity index (χ1) is 13.1. The van der Waals surface area contributed by atoms with Crippen LogP contribution in [0.15, 0.2) is 24.3 Å². The largest absolute Gasteiger partial charge is 0.370 e.